The van der Waals surface area contributed by atoms with Crippen molar-refractivity contribution < 1.29 is 19.4 Å². The van der Waals surface area contributed by atoms with Crippen LogP contribution in [0.3, 0.4) is 0 Å². The maximum absolute atomic E-state index is 11.1. The number of carboxylic acids is 1. The van der Waals surface area contributed by atoms with Crippen LogP contribution in [0.25, 0.3) is 11.1 Å². The summed E-state index contributed by atoms with van der Waals surface area (Å²) >= 11 is 0. The predicted octanol–water partition coefficient (Wildman–Crippen LogP) is 6.81. The van der Waals surface area contributed by atoms with Crippen LogP contribution in [-0.2, 0) is 24.4 Å². The van der Waals surface area contributed by atoms with Crippen LogP contribution in [0.4, 0.5) is 0 Å². The normalized spacial score (nSPS) is 14.4. The van der Waals surface area contributed by atoms with Crippen LogP contribution in [0.2, 0.25) is 0 Å². The lowest BCUT2D eigenvalue weighted by Gasteiger charge is -2.42. The summed E-state index contributed by atoms with van der Waals surface area (Å²) in [4.78, 5) is 23.1. The molecule has 0 amide bonds. The molecule has 1 N–H and O–H groups in total. The van der Waals surface area contributed by atoms with E-state index >= 15 is 0 Å². The molecule has 0 saturated carbocycles. The van der Waals surface area contributed by atoms with E-state index in [9.17, 15) is 4.79 Å². The third-order valence-corrected chi connectivity index (χ3v) is 7.97. The Bertz CT molecular complexity index is 1430. The number of carboxylic acid groups (broad SMARTS) is 1. The average molecular weight is 566 g/mol. The van der Waals surface area contributed by atoms with Crippen molar-refractivity contribution in [2.45, 2.75) is 58.3 Å². The monoisotopic (exact) mass is 565 g/mol. The fourth-order valence-electron chi connectivity index (χ4n) is 5.52. The zero-order chi connectivity index (χ0) is 29.4. The van der Waals surface area contributed by atoms with Crippen molar-refractivity contribution in [2.75, 3.05) is 13.1 Å². The van der Waals surface area contributed by atoms with Gasteiger partial charge in [-0.1, -0.05) is 66.7 Å². The molecule has 218 valence electrons. The highest BCUT2D eigenvalue weighted by Crippen LogP contribution is 2.32. The number of piperidine rings is 1. The summed E-state index contributed by atoms with van der Waals surface area (Å²) in [6.45, 7) is 7.13. The molecule has 1 saturated heterocycles. The van der Waals surface area contributed by atoms with Crippen LogP contribution in [0.15, 0.2) is 91.1 Å². The van der Waals surface area contributed by atoms with Crippen LogP contribution in [-0.4, -0.2) is 44.6 Å². The Morgan fingerprint density at radius 1 is 0.881 bits per heavy atom. The second-order valence-electron chi connectivity index (χ2n) is 11.6. The molecule has 1 aliphatic heterocycles. The topological polar surface area (TPSA) is 84.8 Å². The predicted molar refractivity (Wildman–Crippen MR) is 163 cm³/mol. The molecule has 5 rings (SSSR count). The molecule has 0 bridgehead atoms. The van der Waals surface area contributed by atoms with Gasteiger partial charge in [-0.05, 0) is 69.0 Å². The molecule has 0 atom stereocenters. The van der Waals surface area contributed by atoms with Gasteiger partial charge in [-0.3, -0.25) is 14.7 Å². The van der Waals surface area contributed by atoms with E-state index in [1.165, 1.54) is 0 Å². The van der Waals surface area contributed by atoms with Gasteiger partial charge in [0, 0.05) is 47.5 Å². The van der Waals surface area contributed by atoms with E-state index in [1.807, 2.05) is 79.0 Å². The molecule has 2 aromatic heterocycles. The summed E-state index contributed by atoms with van der Waals surface area (Å²) in [5, 5.41) is 9.13. The molecular weight excluding hydrogens is 526 g/mol. The number of aromatic nitrogens is 2. The standard InChI is InChI=1S/C35H39N3O4/c1-35(2,38-19-17-26(18-20-38)21-33(39)40)22-30-14-13-29(23-36-30)31-15-16-32(41-24-27-9-5-3-6-10-27)37-34(31)42-25-28-11-7-4-8-12-28/h3-16,23,26H,17-22,24-25H2,1-2H3,(H,39,40). The third-order valence-electron chi connectivity index (χ3n) is 7.97. The number of hydrogen-bond donors (Lipinski definition) is 1. The number of likely N-dealkylation sites (tertiary alicyclic amines) is 1. The van der Waals surface area contributed by atoms with Gasteiger partial charge in [0.25, 0.3) is 0 Å². The first-order valence-electron chi connectivity index (χ1n) is 14.6. The number of rotatable bonds is 12. The van der Waals surface area contributed by atoms with Crippen molar-refractivity contribution in [3.8, 4) is 22.9 Å². The SMILES string of the molecule is CC(C)(Cc1ccc(-c2ccc(OCc3ccccc3)nc2OCc2ccccc2)cn1)N1CCC(CC(=O)O)CC1. The fraction of sp³-hybridized carbons (Fsp3) is 0.343. The number of nitrogens with zero attached hydrogens (tertiary/aromatic N) is 3. The van der Waals surface area contributed by atoms with Crippen molar-refractivity contribution in [2.24, 2.45) is 5.92 Å². The Hall–Kier alpha value is -4.23. The molecule has 0 radical (unpaired) electrons. The molecule has 4 aromatic rings. The van der Waals surface area contributed by atoms with E-state index in [1.54, 1.807) is 0 Å². The molecule has 0 aliphatic carbocycles. The van der Waals surface area contributed by atoms with Gasteiger partial charge in [0.1, 0.15) is 13.2 Å². The van der Waals surface area contributed by atoms with Crippen molar-refractivity contribution in [3.05, 3.63) is 108 Å². The lowest BCUT2D eigenvalue weighted by molar-refractivity contribution is -0.138. The maximum Gasteiger partial charge on any atom is 0.303 e. The lowest BCUT2D eigenvalue weighted by Crippen LogP contribution is -2.49. The number of benzene rings is 2. The van der Waals surface area contributed by atoms with Gasteiger partial charge < -0.3 is 14.6 Å². The van der Waals surface area contributed by atoms with E-state index in [4.69, 9.17) is 24.5 Å². The molecule has 3 heterocycles. The van der Waals surface area contributed by atoms with E-state index in [2.05, 4.69) is 30.9 Å². The average Bonchev–Trinajstić information content (AvgIpc) is 3.00. The van der Waals surface area contributed by atoms with Gasteiger partial charge in [0.05, 0.1) is 0 Å². The van der Waals surface area contributed by atoms with Crippen LogP contribution in [0.1, 0.15) is 49.9 Å². The molecule has 0 unspecified atom stereocenters. The first-order valence-corrected chi connectivity index (χ1v) is 14.6. The molecule has 1 aliphatic rings. The fourth-order valence-corrected chi connectivity index (χ4v) is 5.52. The highest BCUT2D eigenvalue weighted by Gasteiger charge is 2.31. The Morgan fingerprint density at radius 2 is 1.52 bits per heavy atom. The van der Waals surface area contributed by atoms with Gasteiger partial charge in [-0.15, -0.1) is 0 Å². The number of carbonyl (C=O) groups is 1. The smallest absolute Gasteiger partial charge is 0.303 e. The molecule has 7 nitrogen and oxygen atoms in total. The summed E-state index contributed by atoms with van der Waals surface area (Å²) in [5.41, 5.74) is 4.85. The molecule has 2 aromatic carbocycles. The van der Waals surface area contributed by atoms with Crippen molar-refractivity contribution >= 4 is 5.97 Å². The summed E-state index contributed by atoms with van der Waals surface area (Å²) < 4.78 is 12.2. The quantitative estimate of drug-likeness (QED) is 0.202. The van der Waals surface area contributed by atoms with Gasteiger partial charge in [-0.2, -0.15) is 4.98 Å². The molecule has 42 heavy (non-hydrogen) atoms. The minimum absolute atomic E-state index is 0.0774. The van der Waals surface area contributed by atoms with Crippen LogP contribution in [0, 0.1) is 5.92 Å². The zero-order valence-electron chi connectivity index (χ0n) is 24.4. The minimum Gasteiger partial charge on any atom is -0.481 e. The van der Waals surface area contributed by atoms with Crippen LogP contribution >= 0.6 is 0 Å². The summed E-state index contributed by atoms with van der Waals surface area (Å²) in [5.74, 6) is 0.580. The third kappa shape index (κ3) is 7.95. The van der Waals surface area contributed by atoms with Gasteiger partial charge in [0.2, 0.25) is 11.8 Å². The summed E-state index contributed by atoms with van der Waals surface area (Å²) in [6, 6.07) is 28.1. The Kier molecular flexibility index (Phi) is 9.49. The van der Waals surface area contributed by atoms with Gasteiger partial charge in [-0.25, -0.2) is 0 Å². The van der Waals surface area contributed by atoms with Gasteiger partial charge >= 0.3 is 5.97 Å². The van der Waals surface area contributed by atoms with E-state index in [-0.39, 0.29) is 17.9 Å². The molecule has 7 heteroatoms. The van der Waals surface area contributed by atoms with Crippen molar-refractivity contribution in [1.82, 2.24) is 14.9 Å². The van der Waals surface area contributed by atoms with Crippen molar-refractivity contribution in [1.29, 1.82) is 0 Å². The highest BCUT2D eigenvalue weighted by molar-refractivity contribution is 5.68. The Labute approximate surface area is 248 Å². The van der Waals surface area contributed by atoms with E-state index in [0.717, 1.165) is 60.3 Å². The van der Waals surface area contributed by atoms with E-state index in [0.29, 0.717) is 25.0 Å². The minimum atomic E-state index is -0.699. The second-order valence-corrected chi connectivity index (χ2v) is 11.6. The number of aliphatic carboxylic acids is 1. The molecular formula is C35H39N3O4. The lowest BCUT2D eigenvalue weighted by atomic mass is 9.88. The largest absolute Gasteiger partial charge is 0.481 e. The highest BCUT2D eigenvalue weighted by atomic mass is 16.5. The molecule has 1 fully saturated rings. The number of pyridine rings is 2. The summed E-state index contributed by atoms with van der Waals surface area (Å²) in [7, 11) is 0. The molecule has 0 spiro atoms. The first-order chi connectivity index (χ1) is 20.4. The Morgan fingerprint density at radius 3 is 2.12 bits per heavy atom. The second kappa shape index (κ2) is 13.6. The maximum atomic E-state index is 11.1. The van der Waals surface area contributed by atoms with Gasteiger partial charge in [0.15, 0.2) is 0 Å². The zero-order valence-corrected chi connectivity index (χ0v) is 24.4. The number of hydrogen-bond acceptors (Lipinski definition) is 6. The first kappa shape index (κ1) is 29.3. The summed E-state index contributed by atoms with van der Waals surface area (Å²) in [6.07, 6.45) is 4.81. The Balaban J connectivity index is 1.29. The van der Waals surface area contributed by atoms with E-state index < -0.39 is 5.97 Å². The number of ether oxygens (including phenoxy) is 2. The van der Waals surface area contributed by atoms with Crippen molar-refractivity contribution in [3.63, 3.8) is 0 Å². The van der Waals surface area contributed by atoms with Crippen LogP contribution < -0.4 is 9.47 Å². The van der Waals surface area contributed by atoms with Crippen LogP contribution in [0.5, 0.6) is 11.8 Å².